The third-order valence-corrected chi connectivity index (χ3v) is 3.73. The first-order chi connectivity index (χ1) is 9.13. The summed E-state index contributed by atoms with van der Waals surface area (Å²) in [4.78, 5) is 20.8. The number of anilines is 1. The summed E-state index contributed by atoms with van der Waals surface area (Å²) >= 11 is 0. The predicted molar refractivity (Wildman–Crippen MR) is 76.4 cm³/mol. The molecular formula is C14H22N4O. The average Bonchev–Trinajstić information content (AvgIpc) is 2.46. The molecule has 1 aliphatic rings. The Morgan fingerprint density at radius 3 is 3.00 bits per heavy atom. The van der Waals surface area contributed by atoms with E-state index in [0.29, 0.717) is 11.6 Å². The number of hydrogen-bond acceptors (Lipinski definition) is 4. The van der Waals surface area contributed by atoms with Crippen LogP contribution in [-0.4, -0.2) is 61.0 Å². The second-order valence-electron chi connectivity index (χ2n) is 5.18. The number of likely N-dealkylation sites (tertiary alicyclic amines) is 1. The fraction of sp³-hybridized carbons (Fsp3) is 0.571. The fourth-order valence-corrected chi connectivity index (χ4v) is 2.51. The molecular weight excluding hydrogens is 240 g/mol. The summed E-state index contributed by atoms with van der Waals surface area (Å²) in [7, 11) is 5.96. The number of nitrogens with one attached hydrogen (secondary N) is 1. The maximum Gasteiger partial charge on any atom is 0.256 e. The molecule has 19 heavy (non-hydrogen) atoms. The first-order valence-electron chi connectivity index (χ1n) is 6.71. The Morgan fingerprint density at radius 2 is 2.32 bits per heavy atom. The summed E-state index contributed by atoms with van der Waals surface area (Å²) in [6.07, 6.45) is 5.59. The molecule has 0 radical (unpaired) electrons. The van der Waals surface area contributed by atoms with Crippen LogP contribution in [0.2, 0.25) is 0 Å². The van der Waals surface area contributed by atoms with Crippen LogP contribution in [0.15, 0.2) is 18.5 Å². The van der Waals surface area contributed by atoms with E-state index in [1.54, 1.807) is 18.5 Å². The molecule has 5 nitrogen and oxygen atoms in total. The van der Waals surface area contributed by atoms with E-state index < -0.39 is 0 Å². The Labute approximate surface area is 114 Å². The molecule has 1 unspecified atom stereocenters. The van der Waals surface area contributed by atoms with Crippen LogP contribution in [0.25, 0.3) is 0 Å². The highest BCUT2D eigenvalue weighted by Gasteiger charge is 2.26. The second kappa shape index (κ2) is 6.02. The van der Waals surface area contributed by atoms with Crippen LogP contribution >= 0.6 is 0 Å². The van der Waals surface area contributed by atoms with Crippen molar-refractivity contribution < 1.29 is 4.79 Å². The molecule has 1 aromatic rings. The Morgan fingerprint density at radius 1 is 1.53 bits per heavy atom. The van der Waals surface area contributed by atoms with E-state index in [4.69, 9.17) is 0 Å². The van der Waals surface area contributed by atoms with Gasteiger partial charge in [-0.2, -0.15) is 0 Å². The molecule has 0 spiro atoms. The summed E-state index contributed by atoms with van der Waals surface area (Å²) < 4.78 is 0. The van der Waals surface area contributed by atoms with Gasteiger partial charge in [-0.1, -0.05) is 0 Å². The van der Waals surface area contributed by atoms with E-state index in [9.17, 15) is 4.79 Å². The van der Waals surface area contributed by atoms with Gasteiger partial charge in [0.05, 0.1) is 17.4 Å². The van der Waals surface area contributed by atoms with Gasteiger partial charge in [0.2, 0.25) is 0 Å². The summed E-state index contributed by atoms with van der Waals surface area (Å²) in [5, 5.41) is 3.03. The lowest BCUT2D eigenvalue weighted by Crippen LogP contribution is -2.47. The topological polar surface area (TPSA) is 48.5 Å². The molecule has 1 aliphatic heterocycles. The first kappa shape index (κ1) is 13.8. The molecule has 1 aromatic heterocycles. The minimum Gasteiger partial charge on any atom is -0.386 e. The van der Waals surface area contributed by atoms with Gasteiger partial charge in [0.1, 0.15) is 0 Å². The van der Waals surface area contributed by atoms with Crippen molar-refractivity contribution >= 4 is 11.6 Å². The standard InChI is InChI=1S/C14H22N4O/c1-15-13-9-16-7-6-12(13)14(19)18-8-4-5-11(10-18)17(2)3/h6-7,9,11,15H,4-5,8,10H2,1-3H3. The third kappa shape index (κ3) is 3.04. The van der Waals surface area contributed by atoms with Gasteiger partial charge in [-0.25, -0.2) is 0 Å². The van der Waals surface area contributed by atoms with Gasteiger partial charge in [0, 0.05) is 32.4 Å². The number of carbonyl (C=O) groups excluding carboxylic acids is 1. The van der Waals surface area contributed by atoms with Gasteiger partial charge < -0.3 is 15.1 Å². The molecule has 1 atom stereocenters. The van der Waals surface area contributed by atoms with Gasteiger partial charge in [0.15, 0.2) is 0 Å². The number of piperidine rings is 1. The van der Waals surface area contributed by atoms with Crippen molar-refractivity contribution in [2.75, 3.05) is 39.5 Å². The summed E-state index contributed by atoms with van der Waals surface area (Å²) in [5.41, 5.74) is 1.50. The third-order valence-electron chi connectivity index (χ3n) is 3.73. The van der Waals surface area contributed by atoms with Crippen molar-refractivity contribution in [1.29, 1.82) is 0 Å². The maximum absolute atomic E-state index is 12.6. The Hall–Kier alpha value is -1.62. The summed E-state index contributed by atoms with van der Waals surface area (Å²) in [5.74, 6) is 0.0956. The first-order valence-corrected chi connectivity index (χ1v) is 6.71. The molecule has 1 amide bonds. The van der Waals surface area contributed by atoms with E-state index in [-0.39, 0.29) is 5.91 Å². The average molecular weight is 262 g/mol. The summed E-state index contributed by atoms with van der Waals surface area (Å²) in [6.45, 7) is 1.64. The zero-order chi connectivity index (χ0) is 13.8. The number of hydrogen-bond donors (Lipinski definition) is 1. The van der Waals surface area contributed by atoms with Gasteiger partial charge in [-0.15, -0.1) is 0 Å². The van der Waals surface area contributed by atoms with Crippen LogP contribution in [0, 0.1) is 0 Å². The Balaban J connectivity index is 2.15. The van der Waals surface area contributed by atoms with Gasteiger partial charge in [-0.3, -0.25) is 9.78 Å². The minimum absolute atomic E-state index is 0.0956. The van der Waals surface area contributed by atoms with Crippen LogP contribution in [0.5, 0.6) is 0 Å². The quantitative estimate of drug-likeness (QED) is 0.891. The number of rotatable bonds is 3. The molecule has 0 aromatic carbocycles. The van der Waals surface area contributed by atoms with E-state index in [0.717, 1.165) is 31.6 Å². The van der Waals surface area contributed by atoms with Crippen LogP contribution in [0.1, 0.15) is 23.2 Å². The monoisotopic (exact) mass is 262 g/mol. The number of amides is 1. The number of likely N-dealkylation sites (N-methyl/N-ethyl adjacent to an activating group) is 1. The minimum atomic E-state index is 0.0956. The van der Waals surface area contributed by atoms with Crippen molar-refractivity contribution in [3.05, 3.63) is 24.0 Å². The van der Waals surface area contributed by atoms with E-state index >= 15 is 0 Å². The molecule has 1 saturated heterocycles. The molecule has 104 valence electrons. The van der Waals surface area contributed by atoms with Crippen LogP contribution in [0.3, 0.4) is 0 Å². The molecule has 1 N–H and O–H groups in total. The van der Waals surface area contributed by atoms with Crippen molar-refractivity contribution in [1.82, 2.24) is 14.8 Å². The largest absolute Gasteiger partial charge is 0.386 e. The molecule has 0 aliphatic carbocycles. The van der Waals surface area contributed by atoms with Crippen molar-refractivity contribution in [2.45, 2.75) is 18.9 Å². The highest BCUT2D eigenvalue weighted by molar-refractivity contribution is 5.99. The molecule has 5 heteroatoms. The van der Waals surface area contributed by atoms with Crippen molar-refractivity contribution in [3.63, 3.8) is 0 Å². The number of aromatic nitrogens is 1. The highest BCUT2D eigenvalue weighted by Crippen LogP contribution is 2.20. The van der Waals surface area contributed by atoms with E-state index in [1.165, 1.54) is 0 Å². The smallest absolute Gasteiger partial charge is 0.256 e. The van der Waals surface area contributed by atoms with Gasteiger partial charge in [-0.05, 0) is 33.0 Å². The predicted octanol–water partition coefficient (Wildman–Crippen LogP) is 1.29. The van der Waals surface area contributed by atoms with Crippen LogP contribution in [-0.2, 0) is 0 Å². The number of nitrogens with zero attached hydrogens (tertiary/aromatic N) is 3. The van der Waals surface area contributed by atoms with E-state index in [2.05, 4.69) is 29.3 Å². The van der Waals surface area contributed by atoms with Crippen molar-refractivity contribution in [3.8, 4) is 0 Å². The van der Waals surface area contributed by atoms with Gasteiger partial charge in [0.25, 0.3) is 5.91 Å². The maximum atomic E-state index is 12.6. The molecule has 1 fully saturated rings. The molecule has 2 rings (SSSR count). The fourth-order valence-electron chi connectivity index (χ4n) is 2.51. The van der Waals surface area contributed by atoms with E-state index in [1.807, 2.05) is 11.9 Å². The van der Waals surface area contributed by atoms with Crippen LogP contribution < -0.4 is 5.32 Å². The summed E-state index contributed by atoms with van der Waals surface area (Å²) in [6, 6.07) is 2.24. The molecule has 0 bridgehead atoms. The lowest BCUT2D eigenvalue weighted by atomic mass is 10.0. The Kier molecular flexibility index (Phi) is 4.37. The Bertz CT molecular complexity index is 447. The SMILES string of the molecule is CNc1cnccc1C(=O)N1CCCC(N(C)C)C1. The lowest BCUT2D eigenvalue weighted by molar-refractivity contribution is 0.0636. The molecule has 0 saturated carbocycles. The van der Waals surface area contributed by atoms with Crippen LogP contribution in [0.4, 0.5) is 5.69 Å². The van der Waals surface area contributed by atoms with Crippen molar-refractivity contribution in [2.24, 2.45) is 0 Å². The highest BCUT2D eigenvalue weighted by atomic mass is 16.2. The second-order valence-corrected chi connectivity index (χ2v) is 5.18. The zero-order valence-electron chi connectivity index (χ0n) is 11.9. The molecule has 2 heterocycles. The lowest BCUT2D eigenvalue weighted by Gasteiger charge is -2.36. The number of pyridine rings is 1. The zero-order valence-corrected chi connectivity index (χ0v) is 11.9. The number of carbonyl (C=O) groups is 1. The van der Waals surface area contributed by atoms with Gasteiger partial charge >= 0.3 is 0 Å². The normalized spacial score (nSPS) is 19.6.